The first-order chi connectivity index (χ1) is 9.52. The van der Waals surface area contributed by atoms with Gasteiger partial charge >= 0.3 is 5.97 Å². The van der Waals surface area contributed by atoms with Crippen LogP contribution in [0.1, 0.15) is 36.5 Å². The highest BCUT2D eigenvalue weighted by atomic mass is 16.4. The smallest absolute Gasteiger partial charge is 0.303 e. The average molecular weight is 278 g/mol. The topological polar surface area (TPSA) is 95.5 Å². The van der Waals surface area contributed by atoms with Gasteiger partial charge in [0.15, 0.2) is 0 Å². The summed E-state index contributed by atoms with van der Waals surface area (Å²) in [5.41, 5.74) is 1.05. The molecule has 0 heterocycles. The highest BCUT2D eigenvalue weighted by molar-refractivity contribution is 5.96. The minimum Gasteiger partial charge on any atom is -0.481 e. The number of nitrogens with one attached hydrogen (secondary N) is 2. The molecule has 0 saturated heterocycles. The Labute approximate surface area is 117 Å². The summed E-state index contributed by atoms with van der Waals surface area (Å²) in [5.74, 6) is -1.53. The molecule has 6 heteroatoms. The molecule has 108 valence electrons. The number of aliphatic carboxylic acids is 1. The van der Waals surface area contributed by atoms with Gasteiger partial charge in [-0.1, -0.05) is 6.92 Å². The first-order valence-corrected chi connectivity index (χ1v) is 6.43. The van der Waals surface area contributed by atoms with Gasteiger partial charge in [0, 0.05) is 24.2 Å². The second-order valence-electron chi connectivity index (χ2n) is 4.28. The summed E-state index contributed by atoms with van der Waals surface area (Å²) in [5, 5.41) is 13.8. The Hall–Kier alpha value is -2.37. The third kappa shape index (κ3) is 5.51. The first-order valence-electron chi connectivity index (χ1n) is 6.43. The summed E-state index contributed by atoms with van der Waals surface area (Å²) in [7, 11) is 0. The minimum absolute atomic E-state index is 0.0753. The van der Waals surface area contributed by atoms with Gasteiger partial charge in [-0.15, -0.1) is 0 Å². The number of carboxylic acids is 1. The van der Waals surface area contributed by atoms with Crippen LogP contribution in [0.25, 0.3) is 0 Å². The van der Waals surface area contributed by atoms with E-state index in [-0.39, 0.29) is 24.7 Å². The van der Waals surface area contributed by atoms with E-state index in [4.69, 9.17) is 5.11 Å². The van der Waals surface area contributed by atoms with Gasteiger partial charge in [0.05, 0.1) is 6.42 Å². The van der Waals surface area contributed by atoms with Crippen LogP contribution in [0, 0.1) is 0 Å². The number of rotatable bonds is 7. The Bertz CT molecular complexity index is 482. The predicted octanol–water partition coefficient (Wildman–Crippen LogP) is 1.63. The number of carbonyl (C=O) groups is 3. The molecular weight excluding hydrogens is 260 g/mol. The first kappa shape index (κ1) is 15.7. The molecule has 0 spiro atoms. The van der Waals surface area contributed by atoms with Gasteiger partial charge in [-0.3, -0.25) is 14.4 Å². The van der Waals surface area contributed by atoms with E-state index in [0.717, 1.165) is 6.42 Å². The number of hydrogen-bond acceptors (Lipinski definition) is 3. The molecule has 0 fully saturated rings. The van der Waals surface area contributed by atoms with Crippen molar-refractivity contribution in [3.8, 4) is 0 Å². The second-order valence-corrected chi connectivity index (χ2v) is 4.28. The van der Waals surface area contributed by atoms with Crippen LogP contribution in [0.15, 0.2) is 24.3 Å². The SMILES string of the molecule is CCCNC(=O)c1ccc(NC(=O)CCC(=O)O)cc1. The predicted molar refractivity (Wildman–Crippen MR) is 74.6 cm³/mol. The van der Waals surface area contributed by atoms with Gasteiger partial charge in [0.25, 0.3) is 5.91 Å². The molecule has 0 radical (unpaired) electrons. The zero-order valence-corrected chi connectivity index (χ0v) is 11.3. The Balaban J connectivity index is 2.51. The van der Waals surface area contributed by atoms with E-state index < -0.39 is 5.97 Å². The van der Waals surface area contributed by atoms with Crippen LogP contribution in [0.2, 0.25) is 0 Å². The maximum atomic E-state index is 11.7. The second kappa shape index (κ2) is 7.93. The summed E-state index contributed by atoms with van der Waals surface area (Å²) in [6.45, 7) is 2.59. The van der Waals surface area contributed by atoms with Gasteiger partial charge in [-0.05, 0) is 30.7 Å². The molecule has 3 N–H and O–H groups in total. The van der Waals surface area contributed by atoms with Crippen LogP contribution in [0.5, 0.6) is 0 Å². The molecule has 0 aromatic heterocycles. The van der Waals surface area contributed by atoms with Crippen molar-refractivity contribution in [2.24, 2.45) is 0 Å². The van der Waals surface area contributed by atoms with Crippen molar-refractivity contribution in [3.05, 3.63) is 29.8 Å². The van der Waals surface area contributed by atoms with Crippen LogP contribution in [0.3, 0.4) is 0 Å². The minimum atomic E-state index is -1.01. The molecule has 1 aromatic carbocycles. The van der Waals surface area contributed by atoms with E-state index in [1.54, 1.807) is 24.3 Å². The normalized spacial score (nSPS) is 9.85. The summed E-state index contributed by atoms with van der Waals surface area (Å²) >= 11 is 0. The Kier molecular flexibility index (Phi) is 6.22. The lowest BCUT2D eigenvalue weighted by Crippen LogP contribution is -2.23. The lowest BCUT2D eigenvalue weighted by atomic mass is 10.2. The highest BCUT2D eigenvalue weighted by Crippen LogP contribution is 2.10. The fraction of sp³-hybridized carbons (Fsp3) is 0.357. The molecular formula is C14H18N2O4. The molecule has 6 nitrogen and oxygen atoms in total. The summed E-state index contributed by atoms with van der Waals surface area (Å²) in [4.78, 5) is 33.4. The molecule has 0 aliphatic rings. The van der Waals surface area contributed by atoms with Crippen molar-refractivity contribution in [1.82, 2.24) is 5.32 Å². The van der Waals surface area contributed by atoms with Crippen molar-refractivity contribution < 1.29 is 19.5 Å². The summed E-state index contributed by atoms with van der Waals surface area (Å²) < 4.78 is 0. The maximum Gasteiger partial charge on any atom is 0.303 e. The lowest BCUT2D eigenvalue weighted by Gasteiger charge is -2.06. The number of anilines is 1. The number of carboxylic acid groups (broad SMARTS) is 1. The molecule has 0 bridgehead atoms. The van der Waals surface area contributed by atoms with E-state index in [9.17, 15) is 14.4 Å². The van der Waals surface area contributed by atoms with E-state index in [1.807, 2.05) is 6.92 Å². The average Bonchev–Trinajstić information content (AvgIpc) is 2.43. The van der Waals surface area contributed by atoms with Gasteiger partial charge in [-0.2, -0.15) is 0 Å². The lowest BCUT2D eigenvalue weighted by molar-refractivity contribution is -0.138. The fourth-order valence-electron chi connectivity index (χ4n) is 1.49. The molecule has 0 aliphatic heterocycles. The van der Waals surface area contributed by atoms with Crippen molar-refractivity contribution in [2.75, 3.05) is 11.9 Å². The zero-order valence-electron chi connectivity index (χ0n) is 11.3. The van der Waals surface area contributed by atoms with Gasteiger partial charge in [-0.25, -0.2) is 0 Å². The zero-order chi connectivity index (χ0) is 15.0. The maximum absolute atomic E-state index is 11.7. The summed E-state index contributed by atoms with van der Waals surface area (Å²) in [6, 6.07) is 6.44. The third-order valence-electron chi connectivity index (χ3n) is 2.53. The Morgan fingerprint density at radius 2 is 1.75 bits per heavy atom. The van der Waals surface area contributed by atoms with Gasteiger partial charge in [0.2, 0.25) is 5.91 Å². The van der Waals surface area contributed by atoms with E-state index in [1.165, 1.54) is 0 Å². The van der Waals surface area contributed by atoms with Gasteiger partial charge in [0.1, 0.15) is 0 Å². The van der Waals surface area contributed by atoms with Crippen LogP contribution >= 0.6 is 0 Å². The fourth-order valence-corrected chi connectivity index (χ4v) is 1.49. The van der Waals surface area contributed by atoms with Crippen molar-refractivity contribution in [1.29, 1.82) is 0 Å². The van der Waals surface area contributed by atoms with Gasteiger partial charge < -0.3 is 15.7 Å². The van der Waals surface area contributed by atoms with Crippen LogP contribution in [-0.2, 0) is 9.59 Å². The number of hydrogen-bond donors (Lipinski definition) is 3. The van der Waals surface area contributed by atoms with E-state index >= 15 is 0 Å². The van der Waals surface area contributed by atoms with Crippen LogP contribution in [-0.4, -0.2) is 29.4 Å². The quantitative estimate of drug-likeness (QED) is 0.706. The molecule has 0 unspecified atom stereocenters. The molecule has 1 aromatic rings. The van der Waals surface area contributed by atoms with E-state index in [0.29, 0.717) is 17.8 Å². The van der Waals surface area contributed by atoms with E-state index in [2.05, 4.69) is 10.6 Å². The molecule has 0 atom stereocenters. The standard InChI is InChI=1S/C14H18N2O4/c1-2-9-15-14(20)10-3-5-11(6-4-10)16-12(17)7-8-13(18)19/h3-6H,2,7-9H2,1H3,(H,15,20)(H,16,17)(H,18,19). The Morgan fingerprint density at radius 1 is 1.10 bits per heavy atom. The molecule has 20 heavy (non-hydrogen) atoms. The molecule has 1 rings (SSSR count). The van der Waals surface area contributed by atoms with Crippen LogP contribution < -0.4 is 10.6 Å². The largest absolute Gasteiger partial charge is 0.481 e. The van der Waals surface area contributed by atoms with Crippen LogP contribution in [0.4, 0.5) is 5.69 Å². The molecule has 0 saturated carbocycles. The van der Waals surface area contributed by atoms with Crippen molar-refractivity contribution in [2.45, 2.75) is 26.2 Å². The highest BCUT2D eigenvalue weighted by Gasteiger charge is 2.07. The monoisotopic (exact) mass is 278 g/mol. The number of amides is 2. The third-order valence-corrected chi connectivity index (χ3v) is 2.53. The molecule has 0 aliphatic carbocycles. The number of benzene rings is 1. The van der Waals surface area contributed by atoms with Crippen molar-refractivity contribution >= 4 is 23.5 Å². The molecule has 2 amide bonds. The summed E-state index contributed by atoms with van der Waals surface area (Å²) in [6.07, 6.45) is 0.584. The Morgan fingerprint density at radius 3 is 2.30 bits per heavy atom. The number of carbonyl (C=O) groups excluding carboxylic acids is 2. The van der Waals surface area contributed by atoms with Crippen molar-refractivity contribution in [3.63, 3.8) is 0 Å².